The SMILES string of the molecule is CS(=O)(=O)Nc1ccc(/C=C/C(=O)Nc2ccccc2OC(F)(F)F)cc1. The van der Waals surface area contributed by atoms with Crippen LogP contribution in [0.1, 0.15) is 5.56 Å². The van der Waals surface area contributed by atoms with Crippen LogP contribution in [-0.2, 0) is 14.8 Å². The summed E-state index contributed by atoms with van der Waals surface area (Å²) in [4.78, 5) is 11.9. The second-order valence-electron chi connectivity index (χ2n) is 5.36. The zero-order valence-electron chi connectivity index (χ0n) is 13.9. The van der Waals surface area contributed by atoms with Crippen LogP contribution in [0, 0.1) is 0 Å². The minimum atomic E-state index is -4.88. The fourth-order valence-electron chi connectivity index (χ4n) is 2.01. The number of carbonyl (C=O) groups is 1. The second kappa shape index (κ2) is 8.12. The van der Waals surface area contributed by atoms with E-state index in [1.165, 1.54) is 36.4 Å². The first-order valence-electron chi connectivity index (χ1n) is 7.43. The summed E-state index contributed by atoms with van der Waals surface area (Å²) in [6.45, 7) is 0. The molecule has 0 aliphatic carbocycles. The number of rotatable bonds is 6. The fourth-order valence-corrected chi connectivity index (χ4v) is 2.57. The number of nitrogens with one attached hydrogen (secondary N) is 2. The van der Waals surface area contributed by atoms with E-state index < -0.39 is 28.0 Å². The molecule has 0 atom stereocenters. The summed E-state index contributed by atoms with van der Waals surface area (Å²) >= 11 is 0. The van der Waals surface area contributed by atoms with Gasteiger partial charge in [0.1, 0.15) is 0 Å². The molecule has 0 spiro atoms. The van der Waals surface area contributed by atoms with Crippen LogP contribution in [0.5, 0.6) is 5.75 Å². The number of sulfonamides is 1. The molecule has 0 saturated carbocycles. The number of amides is 1. The standard InChI is InChI=1S/C17H15F3N2O4S/c1-27(24,25)22-13-9-6-12(7-10-13)8-11-16(23)21-14-4-2-3-5-15(14)26-17(18,19)20/h2-11,22H,1H3,(H,21,23)/b11-8+. The third-order valence-electron chi connectivity index (χ3n) is 3.01. The molecule has 0 unspecified atom stereocenters. The molecule has 0 fully saturated rings. The van der Waals surface area contributed by atoms with Crippen molar-refractivity contribution >= 4 is 33.4 Å². The lowest BCUT2D eigenvalue weighted by molar-refractivity contribution is -0.274. The molecule has 0 aliphatic rings. The predicted octanol–water partition coefficient (Wildman–Crippen LogP) is 3.61. The highest BCUT2D eigenvalue weighted by molar-refractivity contribution is 7.92. The summed E-state index contributed by atoms with van der Waals surface area (Å²) < 4.78 is 65.5. The molecule has 0 radical (unpaired) electrons. The topological polar surface area (TPSA) is 84.5 Å². The Morgan fingerprint density at radius 1 is 1.07 bits per heavy atom. The van der Waals surface area contributed by atoms with Gasteiger partial charge in [-0.25, -0.2) is 8.42 Å². The normalized spacial score (nSPS) is 12.0. The zero-order chi connectivity index (χ0) is 20.1. The highest BCUT2D eigenvalue weighted by atomic mass is 32.2. The molecule has 0 bridgehead atoms. The molecule has 0 heterocycles. The van der Waals surface area contributed by atoms with Gasteiger partial charge in [0, 0.05) is 11.8 Å². The molecule has 1 amide bonds. The summed E-state index contributed by atoms with van der Waals surface area (Å²) in [7, 11) is -3.39. The van der Waals surface area contributed by atoms with Crippen molar-refractivity contribution in [3.05, 3.63) is 60.2 Å². The van der Waals surface area contributed by atoms with Gasteiger partial charge in [0.05, 0.1) is 11.9 Å². The van der Waals surface area contributed by atoms with Crippen molar-refractivity contribution in [3.8, 4) is 5.75 Å². The van der Waals surface area contributed by atoms with Crippen LogP contribution in [-0.4, -0.2) is 26.9 Å². The van der Waals surface area contributed by atoms with Crippen LogP contribution in [0.3, 0.4) is 0 Å². The smallest absolute Gasteiger partial charge is 0.404 e. The van der Waals surface area contributed by atoms with E-state index in [4.69, 9.17) is 0 Å². The van der Waals surface area contributed by atoms with Crippen LogP contribution in [0.2, 0.25) is 0 Å². The first-order chi connectivity index (χ1) is 12.5. The van der Waals surface area contributed by atoms with Crippen molar-refractivity contribution in [3.63, 3.8) is 0 Å². The van der Waals surface area contributed by atoms with E-state index in [0.29, 0.717) is 11.3 Å². The number of alkyl halides is 3. The van der Waals surface area contributed by atoms with E-state index in [9.17, 15) is 26.4 Å². The molecule has 144 valence electrons. The van der Waals surface area contributed by atoms with Gasteiger partial charge in [-0.1, -0.05) is 24.3 Å². The van der Waals surface area contributed by atoms with Crippen LogP contribution in [0.25, 0.3) is 6.08 Å². The molecular weight excluding hydrogens is 385 g/mol. The molecule has 0 aliphatic heterocycles. The van der Waals surface area contributed by atoms with Crippen LogP contribution < -0.4 is 14.8 Å². The van der Waals surface area contributed by atoms with Gasteiger partial charge in [0.25, 0.3) is 0 Å². The molecule has 2 N–H and O–H groups in total. The summed E-state index contributed by atoms with van der Waals surface area (Å²) in [5, 5.41) is 2.30. The number of hydrogen-bond donors (Lipinski definition) is 2. The van der Waals surface area contributed by atoms with Crippen LogP contribution >= 0.6 is 0 Å². The van der Waals surface area contributed by atoms with Gasteiger partial charge in [-0.3, -0.25) is 9.52 Å². The molecule has 0 saturated heterocycles. The van der Waals surface area contributed by atoms with Crippen molar-refractivity contribution in [1.29, 1.82) is 0 Å². The Morgan fingerprint density at radius 3 is 2.30 bits per heavy atom. The lowest BCUT2D eigenvalue weighted by Gasteiger charge is -2.13. The van der Waals surface area contributed by atoms with E-state index in [2.05, 4.69) is 14.8 Å². The van der Waals surface area contributed by atoms with E-state index in [1.807, 2.05) is 0 Å². The average Bonchev–Trinajstić information content (AvgIpc) is 2.53. The van der Waals surface area contributed by atoms with Gasteiger partial charge in [-0.15, -0.1) is 13.2 Å². The molecule has 6 nitrogen and oxygen atoms in total. The van der Waals surface area contributed by atoms with Crippen molar-refractivity contribution in [2.24, 2.45) is 0 Å². The van der Waals surface area contributed by atoms with E-state index in [1.54, 1.807) is 12.1 Å². The van der Waals surface area contributed by atoms with Gasteiger partial charge in [0.2, 0.25) is 15.9 Å². The molecule has 2 rings (SSSR count). The Kier molecular flexibility index (Phi) is 6.11. The number of hydrogen-bond acceptors (Lipinski definition) is 4. The molecule has 0 aromatic heterocycles. The zero-order valence-corrected chi connectivity index (χ0v) is 14.8. The molecule has 10 heteroatoms. The Hall–Kier alpha value is -3.01. The van der Waals surface area contributed by atoms with Crippen molar-refractivity contribution in [2.45, 2.75) is 6.36 Å². The number of para-hydroxylation sites is 2. The maximum atomic E-state index is 12.4. The summed E-state index contributed by atoms with van der Waals surface area (Å²) in [5.41, 5.74) is 0.818. The lowest BCUT2D eigenvalue weighted by Crippen LogP contribution is -2.19. The van der Waals surface area contributed by atoms with Crippen LogP contribution in [0.4, 0.5) is 24.5 Å². The van der Waals surface area contributed by atoms with Gasteiger partial charge >= 0.3 is 6.36 Å². The van der Waals surface area contributed by atoms with E-state index >= 15 is 0 Å². The molecule has 27 heavy (non-hydrogen) atoms. The summed E-state index contributed by atoms with van der Waals surface area (Å²) in [6, 6.07) is 11.3. The molecule has 2 aromatic rings. The number of anilines is 2. The third-order valence-corrected chi connectivity index (χ3v) is 3.62. The first kappa shape index (κ1) is 20.3. The number of ether oxygens (including phenoxy) is 1. The molecule has 2 aromatic carbocycles. The Bertz CT molecular complexity index is 939. The Balaban J connectivity index is 2.04. The summed E-state index contributed by atoms with van der Waals surface area (Å²) in [6.07, 6.45) is -1.31. The number of carbonyl (C=O) groups excluding carboxylic acids is 1. The van der Waals surface area contributed by atoms with Gasteiger partial charge in [0.15, 0.2) is 5.75 Å². The Morgan fingerprint density at radius 2 is 1.70 bits per heavy atom. The fraction of sp³-hybridized carbons (Fsp3) is 0.118. The predicted molar refractivity (Wildman–Crippen MR) is 95.7 cm³/mol. The third kappa shape index (κ3) is 7.40. The average molecular weight is 400 g/mol. The highest BCUT2D eigenvalue weighted by Gasteiger charge is 2.32. The van der Waals surface area contributed by atoms with Gasteiger partial charge in [-0.05, 0) is 35.9 Å². The van der Waals surface area contributed by atoms with Gasteiger partial charge < -0.3 is 10.1 Å². The number of benzene rings is 2. The minimum absolute atomic E-state index is 0.128. The van der Waals surface area contributed by atoms with E-state index in [-0.39, 0.29) is 5.69 Å². The highest BCUT2D eigenvalue weighted by Crippen LogP contribution is 2.29. The van der Waals surface area contributed by atoms with Crippen molar-refractivity contribution in [1.82, 2.24) is 0 Å². The minimum Gasteiger partial charge on any atom is -0.404 e. The largest absolute Gasteiger partial charge is 0.573 e. The maximum absolute atomic E-state index is 12.4. The van der Waals surface area contributed by atoms with Crippen molar-refractivity contribution < 1.29 is 31.1 Å². The quantitative estimate of drug-likeness (QED) is 0.726. The van der Waals surface area contributed by atoms with Gasteiger partial charge in [-0.2, -0.15) is 0 Å². The lowest BCUT2D eigenvalue weighted by atomic mass is 10.2. The monoisotopic (exact) mass is 400 g/mol. The summed E-state index contributed by atoms with van der Waals surface area (Å²) in [5.74, 6) is -1.19. The Labute approximate surface area is 153 Å². The van der Waals surface area contributed by atoms with Crippen LogP contribution in [0.15, 0.2) is 54.6 Å². The number of halogens is 3. The molecular formula is C17H15F3N2O4S. The maximum Gasteiger partial charge on any atom is 0.573 e. The first-order valence-corrected chi connectivity index (χ1v) is 9.33. The van der Waals surface area contributed by atoms with Crippen molar-refractivity contribution in [2.75, 3.05) is 16.3 Å². The second-order valence-corrected chi connectivity index (χ2v) is 7.11. The van der Waals surface area contributed by atoms with E-state index in [0.717, 1.165) is 18.4 Å².